The van der Waals surface area contributed by atoms with E-state index in [1.54, 1.807) is 37.3 Å². The standard InChI is InChI=1S/C14H11BrFNO/c1-9-7-12(16)11(15)8-13(9)17-14(18)10-5-3-2-4-6-10/h2-8H,1H3,(H,17,18). The highest BCUT2D eigenvalue weighted by Gasteiger charge is 2.09. The van der Waals surface area contributed by atoms with Gasteiger partial charge in [-0.3, -0.25) is 4.79 Å². The molecule has 0 unspecified atom stereocenters. The second kappa shape index (κ2) is 5.31. The summed E-state index contributed by atoms with van der Waals surface area (Å²) in [7, 11) is 0. The summed E-state index contributed by atoms with van der Waals surface area (Å²) in [5, 5.41) is 2.76. The van der Waals surface area contributed by atoms with Crippen LogP contribution < -0.4 is 5.32 Å². The van der Waals surface area contributed by atoms with Crippen molar-refractivity contribution in [1.29, 1.82) is 0 Å². The van der Waals surface area contributed by atoms with Gasteiger partial charge < -0.3 is 5.32 Å². The van der Waals surface area contributed by atoms with E-state index in [0.29, 0.717) is 21.3 Å². The molecule has 2 nitrogen and oxygen atoms in total. The van der Waals surface area contributed by atoms with Crippen molar-refractivity contribution in [2.45, 2.75) is 6.92 Å². The van der Waals surface area contributed by atoms with Crippen molar-refractivity contribution >= 4 is 27.5 Å². The minimum Gasteiger partial charge on any atom is -0.322 e. The normalized spacial score (nSPS) is 10.2. The summed E-state index contributed by atoms with van der Waals surface area (Å²) in [5.74, 6) is -0.553. The smallest absolute Gasteiger partial charge is 0.255 e. The number of halogens is 2. The van der Waals surface area contributed by atoms with E-state index in [2.05, 4.69) is 21.2 Å². The van der Waals surface area contributed by atoms with Gasteiger partial charge in [0, 0.05) is 11.3 Å². The molecule has 0 heterocycles. The quantitative estimate of drug-likeness (QED) is 0.887. The molecule has 0 bridgehead atoms. The van der Waals surface area contributed by atoms with Crippen LogP contribution in [0.3, 0.4) is 0 Å². The number of anilines is 1. The molecule has 1 amide bonds. The fourth-order valence-electron chi connectivity index (χ4n) is 1.56. The van der Waals surface area contributed by atoms with Gasteiger partial charge in [-0.2, -0.15) is 0 Å². The molecule has 0 saturated carbocycles. The van der Waals surface area contributed by atoms with Crippen molar-refractivity contribution in [3.8, 4) is 0 Å². The van der Waals surface area contributed by atoms with Crippen molar-refractivity contribution in [3.63, 3.8) is 0 Å². The van der Waals surface area contributed by atoms with Gasteiger partial charge in [-0.15, -0.1) is 0 Å². The molecule has 0 spiro atoms. The van der Waals surface area contributed by atoms with Crippen molar-refractivity contribution in [2.75, 3.05) is 5.32 Å². The molecule has 0 aliphatic heterocycles. The Balaban J connectivity index is 2.25. The number of aryl methyl sites for hydroxylation is 1. The van der Waals surface area contributed by atoms with Gasteiger partial charge in [0.15, 0.2) is 0 Å². The maximum Gasteiger partial charge on any atom is 0.255 e. The largest absolute Gasteiger partial charge is 0.322 e. The lowest BCUT2D eigenvalue weighted by Crippen LogP contribution is -2.12. The second-order valence-electron chi connectivity index (χ2n) is 3.90. The van der Waals surface area contributed by atoms with Gasteiger partial charge >= 0.3 is 0 Å². The van der Waals surface area contributed by atoms with Gasteiger partial charge in [0.05, 0.1) is 4.47 Å². The maximum absolute atomic E-state index is 13.3. The van der Waals surface area contributed by atoms with Crippen LogP contribution in [0.5, 0.6) is 0 Å². The van der Waals surface area contributed by atoms with E-state index in [-0.39, 0.29) is 11.7 Å². The predicted octanol–water partition coefficient (Wildman–Crippen LogP) is 4.15. The average Bonchev–Trinajstić information content (AvgIpc) is 2.37. The van der Waals surface area contributed by atoms with E-state index in [0.717, 1.165) is 0 Å². The van der Waals surface area contributed by atoms with Crippen LogP contribution in [0.15, 0.2) is 46.9 Å². The molecule has 0 aliphatic rings. The summed E-state index contributed by atoms with van der Waals surface area (Å²) in [6.07, 6.45) is 0. The Morgan fingerprint density at radius 1 is 1.22 bits per heavy atom. The minimum absolute atomic E-state index is 0.211. The molecule has 0 fully saturated rings. The topological polar surface area (TPSA) is 29.1 Å². The van der Waals surface area contributed by atoms with Crippen molar-refractivity contribution in [3.05, 3.63) is 63.9 Å². The first-order chi connectivity index (χ1) is 8.58. The second-order valence-corrected chi connectivity index (χ2v) is 4.76. The van der Waals surface area contributed by atoms with Crippen molar-refractivity contribution in [2.24, 2.45) is 0 Å². The summed E-state index contributed by atoms with van der Waals surface area (Å²) in [6.45, 7) is 1.75. The van der Waals surface area contributed by atoms with Gasteiger partial charge in [0.1, 0.15) is 5.82 Å². The van der Waals surface area contributed by atoms with E-state index in [4.69, 9.17) is 0 Å². The Hall–Kier alpha value is -1.68. The molecule has 4 heteroatoms. The number of carbonyl (C=O) groups excluding carboxylic acids is 1. The van der Waals surface area contributed by atoms with Gasteiger partial charge in [-0.25, -0.2) is 4.39 Å². The summed E-state index contributed by atoms with van der Waals surface area (Å²) in [4.78, 5) is 11.9. The lowest BCUT2D eigenvalue weighted by atomic mass is 10.1. The molecule has 1 N–H and O–H groups in total. The Morgan fingerprint density at radius 3 is 2.56 bits per heavy atom. The molecular formula is C14H11BrFNO. The van der Waals surface area contributed by atoms with E-state index in [1.807, 2.05) is 6.07 Å². The summed E-state index contributed by atoms with van der Waals surface area (Å²) in [5.41, 5.74) is 1.84. The molecule has 0 aromatic heterocycles. The number of hydrogen-bond donors (Lipinski definition) is 1. The lowest BCUT2D eigenvalue weighted by Gasteiger charge is -2.09. The summed E-state index contributed by atoms with van der Waals surface area (Å²) in [6, 6.07) is 11.8. The third kappa shape index (κ3) is 2.76. The zero-order chi connectivity index (χ0) is 13.1. The van der Waals surface area contributed by atoms with Crippen molar-refractivity contribution in [1.82, 2.24) is 0 Å². The fraction of sp³-hybridized carbons (Fsp3) is 0.0714. The van der Waals surface area contributed by atoms with Crippen LogP contribution in [-0.2, 0) is 0 Å². The average molecular weight is 308 g/mol. The fourth-order valence-corrected chi connectivity index (χ4v) is 1.91. The predicted molar refractivity (Wildman–Crippen MR) is 73.2 cm³/mol. The minimum atomic E-state index is -0.342. The third-order valence-corrected chi connectivity index (χ3v) is 3.16. The van der Waals surface area contributed by atoms with E-state index in [9.17, 15) is 9.18 Å². The number of carbonyl (C=O) groups is 1. The molecule has 0 radical (unpaired) electrons. The molecule has 92 valence electrons. The van der Waals surface area contributed by atoms with Crippen LogP contribution in [0.25, 0.3) is 0 Å². The van der Waals surface area contributed by atoms with Gasteiger partial charge in [-0.1, -0.05) is 18.2 Å². The van der Waals surface area contributed by atoms with Crippen LogP contribution in [0.4, 0.5) is 10.1 Å². The van der Waals surface area contributed by atoms with Gasteiger partial charge in [0.2, 0.25) is 0 Å². The molecular weight excluding hydrogens is 297 g/mol. The molecule has 0 atom stereocenters. The zero-order valence-corrected chi connectivity index (χ0v) is 11.3. The first kappa shape index (κ1) is 12.8. The monoisotopic (exact) mass is 307 g/mol. The van der Waals surface area contributed by atoms with E-state index >= 15 is 0 Å². The number of rotatable bonds is 2. The van der Waals surface area contributed by atoms with Crippen molar-refractivity contribution < 1.29 is 9.18 Å². The molecule has 18 heavy (non-hydrogen) atoms. The van der Waals surface area contributed by atoms with Crippen LogP contribution in [0, 0.1) is 12.7 Å². The number of benzene rings is 2. The Kier molecular flexibility index (Phi) is 3.77. The zero-order valence-electron chi connectivity index (χ0n) is 9.71. The van der Waals surface area contributed by atoms with Crippen LogP contribution in [-0.4, -0.2) is 5.91 Å². The highest BCUT2D eigenvalue weighted by atomic mass is 79.9. The Bertz CT molecular complexity index is 584. The third-order valence-electron chi connectivity index (χ3n) is 2.55. The number of amides is 1. The van der Waals surface area contributed by atoms with Crippen LogP contribution in [0.1, 0.15) is 15.9 Å². The van der Waals surface area contributed by atoms with E-state index in [1.165, 1.54) is 6.07 Å². The molecule has 2 aromatic rings. The SMILES string of the molecule is Cc1cc(F)c(Br)cc1NC(=O)c1ccccc1. The highest BCUT2D eigenvalue weighted by Crippen LogP contribution is 2.24. The first-order valence-electron chi connectivity index (χ1n) is 5.40. The molecule has 0 saturated heterocycles. The Labute approximate surface area is 113 Å². The van der Waals surface area contributed by atoms with Crippen LogP contribution >= 0.6 is 15.9 Å². The van der Waals surface area contributed by atoms with Gasteiger partial charge in [0.25, 0.3) is 5.91 Å². The maximum atomic E-state index is 13.3. The van der Waals surface area contributed by atoms with E-state index < -0.39 is 0 Å². The lowest BCUT2D eigenvalue weighted by molar-refractivity contribution is 0.102. The van der Waals surface area contributed by atoms with Crippen LogP contribution in [0.2, 0.25) is 0 Å². The highest BCUT2D eigenvalue weighted by molar-refractivity contribution is 9.10. The first-order valence-corrected chi connectivity index (χ1v) is 6.19. The molecule has 2 aromatic carbocycles. The number of hydrogen-bond acceptors (Lipinski definition) is 1. The summed E-state index contributed by atoms with van der Waals surface area (Å²) < 4.78 is 13.6. The molecule has 0 aliphatic carbocycles. The summed E-state index contributed by atoms with van der Waals surface area (Å²) >= 11 is 3.10. The number of nitrogens with one attached hydrogen (secondary N) is 1. The Morgan fingerprint density at radius 2 is 1.89 bits per heavy atom. The van der Waals surface area contributed by atoms with Gasteiger partial charge in [-0.05, 0) is 52.7 Å². The molecule has 2 rings (SSSR count).